The van der Waals surface area contributed by atoms with Gasteiger partial charge >= 0.3 is 11.7 Å². The van der Waals surface area contributed by atoms with E-state index >= 15 is 0 Å². The molecule has 38 heavy (non-hydrogen) atoms. The third kappa shape index (κ3) is 5.39. The first-order valence-electron chi connectivity index (χ1n) is 13.3. The Morgan fingerprint density at radius 3 is 2.58 bits per heavy atom. The van der Waals surface area contributed by atoms with Crippen molar-refractivity contribution < 1.29 is 19.2 Å². The molecular weight excluding hydrogens is 486 g/mol. The number of esters is 1. The van der Waals surface area contributed by atoms with Crippen molar-refractivity contribution in [3.63, 3.8) is 0 Å². The Bertz CT molecular complexity index is 1250. The quantitative estimate of drug-likeness (QED) is 0.254. The number of ketones is 1. The van der Waals surface area contributed by atoms with Crippen molar-refractivity contribution in [2.45, 2.75) is 63.8 Å². The molecule has 5 rings (SSSR count). The summed E-state index contributed by atoms with van der Waals surface area (Å²) in [6.45, 7) is 0.708. The molecule has 1 heterocycles. The summed E-state index contributed by atoms with van der Waals surface area (Å²) in [6, 6.07) is 8.18. The fourth-order valence-corrected chi connectivity index (χ4v) is 5.48. The number of benzene rings is 1. The Balaban J connectivity index is 1.30. The number of rotatable bonds is 10. The highest BCUT2D eigenvalue weighted by molar-refractivity contribution is 6.27. The number of methoxy groups -OCH3 is 1. The summed E-state index contributed by atoms with van der Waals surface area (Å²) in [4.78, 5) is 45.4. The zero-order valence-corrected chi connectivity index (χ0v) is 21.6. The summed E-state index contributed by atoms with van der Waals surface area (Å²) in [5, 5.41) is 18.1. The molecule has 3 aliphatic carbocycles. The van der Waals surface area contributed by atoms with Crippen LogP contribution in [0.2, 0.25) is 0 Å². The lowest BCUT2D eigenvalue weighted by Crippen LogP contribution is -2.52. The molecule has 0 bridgehead atoms. The second-order valence-corrected chi connectivity index (χ2v) is 10.5. The molecule has 0 aliphatic heterocycles. The zero-order valence-electron chi connectivity index (χ0n) is 21.6. The molecule has 3 fully saturated rings. The van der Waals surface area contributed by atoms with E-state index in [2.05, 4.69) is 15.6 Å². The maximum Gasteiger partial charge on any atom is 0.334 e. The van der Waals surface area contributed by atoms with Crippen molar-refractivity contribution in [2.75, 3.05) is 24.3 Å². The number of aliphatic imine (C=N–C) groups is 1. The molecule has 200 valence electrons. The van der Waals surface area contributed by atoms with Crippen LogP contribution in [0.1, 0.15) is 56.9 Å². The van der Waals surface area contributed by atoms with Crippen LogP contribution < -0.4 is 10.6 Å². The fraction of sp³-hybridized carbons (Fsp3) is 0.500. The van der Waals surface area contributed by atoms with Crippen LogP contribution in [-0.4, -0.2) is 47.1 Å². The second-order valence-electron chi connectivity index (χ2n) is 10.5. The van der Waals surface area contributed by atoms with Crippen molar-refractivity contribution in [2.24, 2.45) is 16.3 Å². The molecule has 1 spiro atoms. The van der Waals surface area contributed by atoms with E-state index in [-0.39, 0.29) is 17.3 Å². The van der Waals surface area contributed by atoms with Gasteiger partial charge in [0.1, 0.15) is 11.5 Å². The number of carbonyl (C=O) groups excluding carboxylic acids is 2. The van der Waals surface area contributed by atoms with Gasteiger partial charge in [-0.15, -0.1) is 0 Å². The average Bonchev–Trinajstić information content (AvgIpc) is 3.76. The molecule has 0 saturated heterocycles. The molecule has 1 atom stereocenters. The lowest BCUT2D eigenvalue weighted by molar-refractivity contribution is -0.383. The van der Waals surface area contributed by atoms with E-state index in [4.69, 9.17) is 9.73 Å². The van der Waals surface area contributed by atoms with Gasteiger partial charge in [-0.25, -0.2) is 9.78 Å². The molecule has 1 aromatic carbocycles. The van der Waals surface area contributed by atoms with Crippen LogP contribution in [0.4, 0.5) is 22.9 Å². The number of pyridine rings is 1. The highest BCUT2D eigenvalue weighted by Crippen LogP contribution is 2.47. The molecule has 3 aliphatic rings. The van der Waals surface area contributed by atoms with Crippen LogP contribution in [0.25, 0.3) is 0 Å². The molecule has 10 nitrogen and oxygen atoms in total. The van der Waals surface area contributed by atoms with E-state index in [1.807, 2.05) is 12.1 Å². The first-order chi connectivity index (χ1) is 18.4. The number of anilines is 3. The Hall–Kier alpha value is -3.82. The molecule has 1 aromatic heterocycles. The molecular formula is C28H33N5O5. The molecule has 2 aromatic rings. The number of carbonyl (C=O) groups is 2. The van der Waals surface area contributed by atoms with Crippen molar-refractivity contribution in [1.82, 2.24) is 4.98 Å². The van der Waals surface area contributed by atoms with Gasteiger partial charge in [0, 0.05) is 37.0 Å². The minimum atomic E-state index is -0.724. The summed E-state index contributed by atoms with van der Waals surface area (Å²) in [5.74, 6) is 0.545. The van der Waals surface area contributed by atoms with E-state index in [0.717, 1.165) is 56.2 Å². The van der Waals surface area contributed by atoms with Gasteiger partial charge < -0.3 is 15.4 Å². The minimum Gasteiger partial charge on any atom is -0.467 e. The smallest absolute Gasteiger partial charge is 0.334 e. The summed E-state index contributed by atoms with van der Waals surface area (Å²) >= 11 is 0. The third-order valence-corrected chi connectivity index (χ3v) is 7.94. The Kier molecular flexibility index (Phi) is 7.40. The lowest BCUT2D eigenvalue weighted by Gasteiger charge is -2.44. The molecule has 3 saturated carbocycles. The van der Waals surface area contributed by atoms with Gasteiger partial charge in [-0.05, 0) is 55.4 Å². The van der Waals surface area contributed by atoms with Crippen molar-refractivity contribution in [3.8, 4) is 0 Å². The van der Waals surface area contributed by atoms with Crippen LogP contribution in [0.3, 0.4) is 0 Å². The first kappa shape index (κ1) is 25.8. The normalized spacial score (nSPS) is 20.0. The standard InChI is InChI=1S/C28H33N5O5/c1-38-27(35)22(32-23-16-24(34)28(23)12-3-2-4-13-28)15-18-7-9-20(10-8-18)31-26-25(33(36)37)21(11-14-29-26)30-17-19-5-6-19/h7-11,14,19,22H,2-6,12-13,15-17H2,1H3,(H2,29,30,31)/t22-/m0/s1. The van der Waals surface area contributed by atoms with Crippen LogP contribution in [0.15, 0.2) is 41.5 Å². The molecule has 10 heteroatoms. The van der Waals surface area contributed by atoms with Gasteiger partial charge in [0.05, 0.1) is 17.4 Å². The lowest BCUT2D eigenvalue weighted by atomic mass is 9.58. The van der Waals surface area contributed by atoms with Gasteiger partial charge in [0.15, 0.2) is 6.04 Å². The zero-order chi connectivity index (χ0) is 26.7. The third-order valence-electron chi connectivity index (χ3n) is 7.94. The average molecular weight is 520 g/mol. The number of nitrogens with zero attached hydrogens (tertiary/aromatic N) is 3. The SMILES string of the molecule is COC(=O)[C@H](Cc1ccc(Nc2nccc(NCC3CC3)c2[N+](=O)[O-])cc1)N=C1CC(=O)C12CCCCC2. The number of nitrogens with one attached hydrogen (secondary N) is 2. The topological polar surface area (TPSA) is 136 Å². The van der Waals surface area contributed by atoms with Gasteiger partial charge in [0.2, 0.25) is 5.82 Å². The van der Waals surface area contributed by atoms with E-state index in [1.165, 1.54) is 7.11 Å². The fourth-order valence-electron chi connectivity index (χ4n) is 5.48. The Morgan fingerprint density at radius 2 is 1.95 bits per heavy atom. The maximum absolute atomic E-state index is 12.6. The number of hydrogen-bond donors (Lipinski definition) is 2. The molecule has 0 unspecified atom stereocenters. The number of aromatic nitrogens is 1. The number of nitro groups is 1. The van der Waals surface area contributed by atoms with Crippen LogP contribution >= 0.6 is 0 Å². The van der Waals surface area contributed by atoms with E-state index in [1.54, 1.807) is 24.4 Å². The molecule has 0 amide bonds. The Labute approximate surface area is 221 Å². The highest BCUT2D eigenvalue weighted by atomic mass is 16.6. The number of hydrogen-bond acceptors (Lipinski definition) is 9. The first-order valence-corrected chi connectivity index (χ1v) is 13.3. The van der Waals surface area contributed by atoms with Crippen molar-refractivity contribution >= 4 is 40.3 Å². The van der Waals surface area contributed by atoms with Crippen molar-refractivity contribution in [3.05, 3.63) is 52.2 Å². The van der Waals surface area contributed by atoms with Crippen LogP contribution in [0, 0.1) is 21.4 Å². The van der Waals surface area contributed by atoms with Gasteiger partial charge in [-0.3, -0.25) is 19.9 Å². The highest BCUT2D eigenvalue weighted by Gasteiger charge is 2.52. The van der Waals surface area contributed by atoms with Gasteiger partial charge in [-0.1, -0.05) is 31.4 Å². The van der Waals surface area contributed by atoms with E-state index < -0.39 is 22.3 Å². The van der Waals surface area contributed by atoms with E-state index in [9.17, 15) is 19.7 Å². The van der Waals surface area contributed by atoms with Crippen LogP contribution in [0.5, 0.6) is 0 Å². The maximum atomic E-state index is 12.6. The summed E-state index contributed by atoms with van der Waals surface area (Å²) in [7, 11) is 1.35. The van der Waals surface area contributed by atoms with Crippen LogP contribution in [-0.2, 0) is 20.7 Å². The largest absolute Gasteiger partial charge is 0.467 e. The Morgan fingerprint density at radius 1 is 1.21 bits per heavy atom. The molecule has 0 radical (unpaired) electrons. The van der Waals surface area contributed by atoms with E-state index in [0.29, 0.717) is 36.7 Å². The second kappa shape index (κ2) is 10.9. The summed E-state index contributed by atoms with van der Waals surface area (Å²) in [6.07, 6.45) is 9.26. The van der Waals surface area contributed by atoms with Gasteiger partial charge in [0.25, 0.3) is 0 Å². The van der Waals surface area contributed by atoms with Crippen molar-refractivity contribution in [1.29, 1.82) is 0 Å². The molecule has 2 N–H and O–H groups in total. The monoisotopic (exact) mass is 519 g/mol. The number of Topliss-reactive ketones (excluding diaryl/α,β-unsaturated/α-hetero) is 1. The predicted molar refractivity (Wildman–Crippen MR) is 144 cm³/mol. The number of ether oxygens (including phenoxy) is 1. The predicted octanol–water partition coefficient (Wildman–Crippen LogP) is 5.00. The minimum absolute atomic E-state index is 0.0921. The summed E-state index contributed by atoms with van der Waals surface area (Å²) in [5.41, 5.74) is 2.22. The van der Waals surface area contributed by atoms with Gasteiger partial charge in [-0.2, -0.15) is 0 Å². The summed E-state index contributed by atoms with van der Waals surface area (Å²) < 4.78 is 5.02.